The molecule has 2 fully saturated rings. The number of nitrogens with zero attached hydrogens (tertiary/aromatic N) is 1. The SMILES string of the molecule is COC(=O)C1O[C@H](OCCCCCN(CC(=O)OCc2ccccc2)Cc2ccccc2)C(OCc2ccccc2)C(O)[C@H]1O[C@@H]1O[C@@H](C)[C@H](OCc2ccccc2)C(OCc2ccccc2)C1OC(C)=O. The Morgan fingerprint density at radius 2 is 1.06 bits per heavy atom. The second kappa shape index (κ2) is 28.4. The highest BCUT2D eigenvalue weighted by Gasteiger charge is 2.55. The van der Waals surface area contributed by atoms with Crippen molar-refractivity contribution in [2.24, 2.45) is 0 Å². The molecule has 2 saturated heterocycles. The molecule has 10 atom stereocenters. The molecule has 15 heteroatoms. The molecule has 0 saturated carbocycles. The van der Waals surface area contributed by atoms with Gasteiger partial charge in [-0.15, -0.1) is 0 Å². The predicted molar refractivity (Wildman–Crippen MR) is 264 cm³/mol. The third kappa shape index (κ3) is 16.3. The van der Waals surface area contributed by atoms with Crippen LogP contribution in [-0.2, 0) is 94.7 Å². The smallest absolute Gasteiger partial charge is 0.337 e. The maximum atomic E-state index is 13.7. The molecule has 2 aliphatic rings. The predicted octanol–water partition coefficient (Wildman–Crippen LogP) is 7.50. The van der Waals surface area contributed by atoms with Crippen LogP contribution in [0.3, 0.4) is 0 Å². The number of rotatable bonds is 26. The first kappa shape index (κ1) is 53.9. The lowest BCUT2D eigenvalue weighted by molar-refractivity contribution is -0.361. The zero-order valence-corrected chi connectivity index (χ0v) is 41.2. The second-order valence-electron chi connectivity index (χ2n) is 17.9. The lowest BCUT2D eigenvalue weighted by Crippen LogP contribution is -2.66. The van der Waals surface area contributed by atoms with Gasteiger partial charge in [-0.3, -0.25) is 14.5 Å². The van der Waals surface area contributed by atoms with Crippen molar-refractivity contribution in [1.29, 1.82) is 0 Å². The van der Waals surface area contributed by atoms with E-state index in [0.717, 1.165) is 40.7 Å². The number of hydrogen-bond donors (Lipinski definition) is 1. The molecule has 0 aliphatic carbocycles. The van der Waals surface area contributed by atoms with E-state index >= 15 is 0 Å². The fourth-order valence-electron chi connectivity index (χ4n) is 8.71. The van der Waals surface area contributed by atoms with E-state index in [0.29, 0.717) is 19.5 Å². The first-order valence-electron chi connectivity index (χ1n) is 24.6. The number of methoxy groups -OCH3 is 1. The molecule has 7 rings (SSSR count). The van der Waals surface area contributed by atoms with Gasteiger partial charge in [0.2, 0.25) is 0 Å². The summed E-state index contributed by atoms with van der Waals surface area (Å²) < 4.78 is 61.9. The summed E-state index contributed by atoms with van der Waals surface area (Å²) in [5, 5.41) is 12.4. The van der Waals surface area contributed by atoms with Gasteiger partial charge in [0.1, 0.15) is 37.1 Å². The first-order chi connectivity index (χ1) is 35.1. The van der Waals surface area contributed by atoms with Crippen molar-refractivity contribution in [1.82, 2.24) is 4.90 Å². The van der Waals surface area contributed by atoms with Gasteiger partial charge in [0.15, 0.2) is 24.8 Å². The van der Waals surface area contributed by atoms with Gasteiger partial charge in [-0.2, -0.15) is 0 Å². The third-order valence-corrected chi connectivity index (χ3v) is 12.4. The number of aliphatic hydroxyl groups excluding tert-OH is 1. The van der Waals surface area contributed by atoms with E-state index in [1.165, 1.54) is 14.0 Å². The molecule has 0 radical (unpaired) electrons. The molecule has 0 aromatic heterocycles. The number of benzene rings is 5. The highest BCUT2D eigenvalue weighted by Crippen LogP contribution is 2.35. The van der Waals surface area contributed by atoms with E-state index in [1.54, 1.807) is 6.92 Å². The lowest BCUT2D eigenvalue weighted by Gasteiger charge is -2.48. The molecule has 0 bridgehead atoms. The molecule has 1 N–H and O–H groups in total. The Bertz CT molecular complexity index is 2350. The summed E-state index contributed by atoms with van der Waals surface area (Å²) in [5.74, 6) is -1.80. The molecule has 5 aromatic rings. The average molecular weight is 990 g/mol. The van der Waals surface area contributed by atoms with Crippen LogP contribution in [0.5, 0.6) is 0 Å². The summed E-state index contributed by atoms with van der Waals surface area (Å²) in [7, 11) is 1.20. The van der Waals surface area contributed by atoms with Crippen LogP contribution in [0.2, 0.25) is 0 Å². The van der Waals surface area contributed by atoms with E-state index in [4.69, 9.17) is 47.4 Å². The van der Waals surface area contributed by atoms with Gasteiger partial charge in [0.05, 0.1) is 39.6 Å². The monoisotopic (exact) mass is 989 g/mol. The van der Waals surface area contributed by atoms with Gasteiger partial charge in [0, 0.05) is 20.1 Å². The van der Waals surface area contributed by atoms with Crippen LogP contribution in [0, 0.1) is 0 Å². The Morgan fingerprint density at radius 3 is 1.58 bits per heavy atom. The summed E-state index contributed by atoms with van der Waals surface area (Å²) in [6.07, 6.45) is -9.98. The Hall–Kier alpha value is -5.85. The maximum Gasteiger partial charge on any atom is 0.337 e. The molecule has 5 unspecified atom stereocenters. The molecule has 384 valence electrons. The molecule has 72 heavy (non-hydrogen) atoms. The van der Waals surface area contributed by atoms with E-state index in [9.17, 15) is 19.5 Å². The van der Waals surface area contributed by atoms with Crippen molar-refractivity contribution < 1.29 is 66.9 Å². The van der Waals surface area contributed by atoms with Crippen molar-refractivity contribution in [3.05, 3.63) is 179 Å². The molecular formula is C57H67NO14. The molecule has 0 spiro atoms. The highest BCUT2D eigenvalue weighted by molar-refractivity contribution is 5.75. The standard InChI is InChI=1S/C57H67NO14/c1-40-49(66-37-44-26-14-6-15-27-44)52(68-39-46-30-18-8-19-31-46)54(70-41(2)59)57(69-40)71-50-48(61)51(67-38-45-28-16-7-17-29-45)56(72-53(50)55(62)63-3)64-33-21-9-20-32-58(34-42-22-10-4-11-23-42)35-47(60)65-36-43-24-12-5-13-25-43/h4-8,10-19,22-31,40,48-54,56-57,61H,9,20-21,32-39H2,1-3H3/t40-,48?,49-,50+,51?,52?,53?,54?,56-,57-/m0/s1. The normalized spacial score (nSPS) is 24.1. The van der Waals surface area contributed by atoms with Gasteiger partial charge in [-0.05, 0) is 60.5 Å². The van der Waals surface area contributed by atoms with Gasteiger partial charge < -0.3 is 52.5 Å². The van der Waals surface area contributed by atoms with Crippen molar-refractivity contribution in [3.63, 3.8) is 0 Å². The number of carbonyl (C=O) groups is 3. The summed E-state index contributed by atoms with van der Waals surface area (Å²) in [5.41, 5.74) is 4.59. The fourth-order valence-corrected chi connectivity index (χ4v) is 8.71. The van der Waals surface area contributed by atoms with E-state index in [-0.39, 0.29) is 45.5 Å². The van der Waals surface area contributed by atoms with Crippen LogP contribution in [0.4, 0.5) is 0 Å². The van der Waals surface area contributed by atoms with Gasteiger partial charge in [-0.1, -0.05) is 152 Å². The second-order valence-corrected chi connectivity index (χ2v) is 17.9. The Morgan fingerprint density at radius 1 is 0.556 bits per heavy atom. The summed E-state index contributed by atoms with van der Waals surface area (Å²) >= 11 is 0. The van der Waals surface area contributed by atoms with E-state index in [1.807, 2.05) is 152 Å². The number of hydrogen-bond acceptors (Lipinski definition) is 15. The largest absolute Gasteiger partial charge is 0.467 e. The average Bonchev–Trinajstić information content (AvgIpc) is 3.40. The molecule has 5 aromatic carbocycles. The topological polar surface area (TPSA) is 167 Å². The van der Waals surface area contributed by atoms with Crippen molar-refractivity contribution >= 4 is 17.9 Å². The summed E-state index contributed by atoms with van der Waals surface area (Å²) in [6, 6.07) is 48.1. The van der Waals surface area contributed by atoms with Crippen LogP contribution in [0.25, 0.3) is 0 Å². The minimum absolute atomic E-state index is 0.0648. The van der Waals surface area contributed by atoms with Crippen LogP contribution in [0.15, 0.2) is 152 Å². The number of ether oxygens (including phenoxy) is 10. The molecule has 2 aliphatic heterocycles. The van der Waals surface area contributed by atoms with Crippen molar-refractivity contribution in [2.75, 3.05) is 26.8 Å². The van der Waals surface area contributed by atoms with E-state index in [2.05, 4.69) is 4.90 Å². The molecular weight excluding hydrogens is 923 g/mol. The fraction of sp³-hybridized carbons (Fsp3) is 0.421. The Balaban J connectivity index is 1.04. The quantitative estimate of drug-likeness (QED) is 0.0329. The maximum absolute atomic E-state index is 13.7. The molecule has 0 amide bonds. The number of unbranched alkanes of at least 4 members (excludes halogenated alkanes) is 2. The zero-order valence-electron chi connectivity index (χ0n) is 41.2. The van der Waals surface area contributed by atoms with Crippen LogP contribution in [0.1, 0.15) is 60.9 Å². The summed E-state index contributed by atoms with van der Waals surface area (Å²) in [4.78, 5) is 41.6. The van der Waals surface area contributed by atoms with Crippen LogP contribution < -0.4 is 0 Å². The third-order valence-electron chi connectivity index (χ3n) is 12.4. The minimum Gasteiger partial charge on any atom is -0.467 e. The van der Waals surface area contributed by atoms with Crippen molar-refractivity contribution in [3.8, 4) is 0 Å². The Labute approximate surface area is 422 Å². The number of esters is 3. The van der Waals surface area contributed by atoms with Gasteiger partial charge >= 0.3 is 17.9 Å². The molecule has 2 heterocycles. The first-order valence-corrected chi connectivity index (χ1v) is 24.6. The molecule has 15 nitrogen and oxygen atoms in total. The highest BCUT2D eigenvalue weighted by atomic mass is 16.8. The Kier molecular flexibility index (Phi) is 21.3. The minimum atomic E-state index is -1.56. The summed E-state index contributed by atoms with van der Waals surface area (Å²) in [6.45, 7) is 5.17. The van der Waals surface area contributed by atoms with E-state index < -0.39 is 73.4 Å². The van der Waals surface area contributed by atoms with Gasteiger partial charge in [0.25, 0.3) is 0 Å². The zero-order chi connectivity index (χ0) is 50.5. The number of carbonyl (C=O) groups excluding carboxylic acids is 3. The number of aliphatic hydroxyl groups is 1. The van der Waals surface area contributed by atoms with Crippen LogP contribution in [-0.4, -0.2) is 116 Å². The van der Waals surface area contributed by atoms with Crippen LogP contribution >= 0.6 is 0 Å². The van der Waals surface area contributed by atoms with Crippen molar-refractivity contribution in [2.45, 2.75) is 127 Å². The van der Waals surface area contributed by atoms with Gasteiger partial charge in [-0.25, -0.2) is 4.79 Å². The lowest BCUT2D eigenvalue weighted by atomic mass is 9.96.